The number of ketones is 1. The first-order valence-electron chi connectivity index (χ1n) is 8.11. The van der Waals surface area contributed by atoms with Crippen LogP contribution >= 0.6 is 0 Å². The van der Waals surface area contributed by atoms with E-state index in [2.05, 4.69) is 0 Å². The third-order valence-corrected chi connectivity index (χ3v) is 5.17. The Morgan fingerprint density at radius 2 is 1.81 bits per heavy atom. The van der Waals surface area contributed by atoms with Crippen LogP contribution in [-0.2, 0) is 9.53 Å². The molecule has 122 valence electrons. The highest BCUT2D eigenvalue weighted by Crippen LogP contribution is 2.32. The molecule has 2 aliphatic carbocycles. The molecule has 6 atom stereocenters. The summed E-state index contributed by atoms with van der Waals surface area (Å²) in [5.41, 5.74) is 0. The third kappa shape index (κ3) is 4.49. The van der Waals surface area contributed by atoms with E-state index in [4.69, 9.17) is 4.74 Å². The summed E-state index contributed by atoms with van der Waals surface area (Å²) in [4.78, 5) is 12.2. The van der Waals surface area contributed by atoms with Gasteiger partial charge in [-0.05, 0) is 50.9 Å². The molecule has 21 heavy (non-hydrogen) atoms. The highest BCUT2D eigenvalue weighted by atomic mass is 16.5. The molecule has 0 amide bonds. The highest BCUT2D eigenvalue weighted by Gasteiger charge is 2.34. The molecule has 0 aromatic rings. The fourth-order valence-electron chi connectivity index (χ4n) is 3.77. The van der Waals surface area contributed by atoms with Crippen LogP contribution in [0.4, 0.5) is 0 Å². The van der Waals surface area contributed by atoms with E-state index in [9.17, 15) is 20.1 Å². The molecule has 3 N–H and O–H groups in total. The third-order valence-electron chi connectivity index (χ3n) is 5.17. The van der Waals surface area contributed by atoms with Crippen molar-refractivity contribution in [3.05, 3.63) is 0 Å². The van der Waals surface area contributed by atoms with E-state index in [0.717, 1.165) is 19.3 Å². The Bertz CT molecular complexity index is 346. The van der Waals surface area contributed by atoms with Crippen molar-refractivity contribution in [3.8, 4) is 0 Å². The second-order valence-corrected chi connectivity index (χ2v) is 6.67. The van der Waals surface area contributed by atoms with Gasteiger partial charge in [0.1, 0.15) is 5.78 Å². The van der Waals surface area contributed by atoms with Gasteiger partial charge in [0.15, 0.2) is 0 Å². The first-order chi connectivity index (χ1) is 10.0. The number of ether oxygens (including phenoxy) is 1. The molecule has 0 spiro atoms. The van der Waals surface area contributed by atoms with Crippen LogP contribution in [0, 0.1) is 11.8 Å². The van der Waals surface area contributed by atoms with Crippen molar-refractivity contribution >= 4 is 5.78 Å². The van der Waals surface area contributed by atoms with Gasteiger partial charge in [0.25, 0.3) is 0 Å². The molecule has 0 aromatic heterocycles. The number of Topliss-reactive ketones (excluding diaryl/α,β-unsaturated/α-hetero) is 1. The topological polar surface area (TPSA) is 87.0 Å². The number of aliphatic hydroxyl groups excluding tert-OH is 3. The van der Waals surface area contributed by atoms with Gasteiger partial charge >= 0.3 is 0 Å². The summed E-state index contributed by atoms with van der Waals surface area (Å²) in [6, 6.07) is 0. The first-order valence-corrected chi connectivity index (χ1v) is 8.11. The molecule has 0 saturated heterocycles. The number of carbonyl (C=O) groups excluding carboxylic acids is 1. The Balaban J connectivity index is 1.74. The lowest BCUT2D eigenvalue weighted by Gasteiger charge is -2.33. The average Bonchev–Trinajstić information content (AvgIpc) is 2.45. The second kappa shape index (κ2) is 7.68. The maximum atomic E-state index is 12.2. The summed E-state index contributed by atoms with van der Waals surface area (Å²) >= 11 is 0. The summed E-state index contributed by atoms with van der Waals surface area (Å²) in [7, 11) is 1.62. The standard InChI is InChI=1S/C16H28O5/c1-21-16-7-3-10(8-15(16)20)2-6-13(18)12-5-4-11(17)9-14(12)19/h10-12,14-17,19-20H,2-9H2,1H3. The Labute approximate surface area is 126 Å². The molecular weight excluding hydrogens is 272 g/mol. The molecule has 6 unspecified atom stereocenters. The van der Waals surface area contributed by atoms with Crippen molar-refractivity contribution in [2.24, 2.45) is 11.8 Å². The van der Waals surface area contributed by atoms with Crippen LogP contribution in [0.3, 0.4) is 0 Å². The van der Waals surface area contributed by atoms with Crippen LogP contribution in [0.5, 0.6) is 0 Å². The van der Waals surface area contributed by atoms with Gasteiger partial charge in [-0.2, -0.15) is 0 Å². The minimum atomic E-state index is -0.698. The predicted molar refractivity (Wildman–Crippen MR) is 77.7 cm³/mol. The number of methoxy groups -OCH3 is 1. The monoisotopic (exact) mass is 300 g/mol. The summed E-state index contributed by atoms with van der Waals surface area (Å²) in [5.74, 6) is 0.160. The van der Waals surface area contributed by atoms with Gasteiger partial charge in [-0.1, -0.05) is 0 Å². The van der Waals surface area contributed by atoms with E-state index < -0.39 is 18.3 Å². The van der Waals surface area contributed by atoms with Crippen LogP contribution in [0.2, 0.25) is 0 Å². The lowest BCUT2D eigenvalue weighted by Crippen LogP contribution is -2.37. The SMILES string of the molecule is COC1CCC(CCC(=O)C2CCC(O)CC2O)CC1O. The number of hydrogen-bond acceptors (Lipinski definition) is 5. The zero-order chi connectivity index (χ0) is 15.4. The Morgan fingerprint density at radius 3 is 2.43 bits per heavy atom. The summed E-state index contributed by atoms with van der Waals surface area (Å²) in [6.07, 6.45) is 3.59. The number of hydrogen-bond donors (Lipinski definition) is 3. The fraction of sp³-hybridized carbons (Fsp3) is 0.938. The van der Waals surface area contributed by atoms with Gasteiger partial charge in [-0.15, -0.1) is 0 Å². The molecular formula is C16H28O5. The lowest BCUT2D eigenvalue weighted by molar-refractivity contribution is -0.130. The quantitative estimate of drug-likeness (QED) is 0.706. The van der Waals surface area contributed by atoms with Gasteiger partial charge in [-0.3, -0.25) is 4.79 Å². The number of aliphatic hydroxyl groups is 3. The highest BCUT2D eigenvalue weighted by molar-refractivity contribution is 5.81. The maximum absolute atomic E-state index is 12.2. The van der Waals surface area contributed by atoms with Crippen molar-refractivity contribution in [3.63, 3.8) is 0 Å². The molecule has 5 heteroatoms. The van der Waals surface area contributed by atoms with Gasteiger partial charge in [-0.25, -0.2) is 0 Å². The average molecular weight is 300 g/mol. The van der Waals surface area contributed by atoms with Crippen molar-refractivity contribution in [1.82, 2.24) is 0 Å². The van der Waals surface area contributed by atoms with Crippen molar-refractivity contribution in [2.75, 3.05) is 7.11 Å². The summed E-state index contributed by atoms with van der Waals surface area (Å²) in [6.45, 7) is 0. The first kappa shape index (κ1) is 16.9. The van der Waals surface area contributed by atoms with E-state index in [1.807, 2.05) is 0 Å². The molecule has 0 aliphatic heterocycles. The molecule has 0 heterocycles. The molecule has 2 saturated carbocycles. The zero-order valence-electron chi connectivity index (χ0n) is 12.8. The molecule has 2 fully saturated rings. The molecule has 0 aromatic carbocycles. The summed E-state index contributed by atoms with van der Waals surface area (Å²) in [5, 5.41) is 29.3. The second-order valence-electron chi connectivity index (χ2n) is 6.67. The van der Waals surface area contributed by atoms with E-state index >= 15 is 0 Å². The van der Waals surface area contributed by atoms with Crippen LogP contribution in [-0.4, -0.2) is 52.6 Å². The maximum Gasteiger partial charge on any atom is 0.138 e. The Hall–Kier alpha value is -0.490. The minimum absolute atomic E-state index is 0.0707. The fourth-order valence-corrected chi connectivity index (χ4v) is 3.77. The smallest absolute Gasteiger partial charge is 0.138 e. The van der Waals surface area contributed by atoms with E-state index in [0.29, 0.717) is 38.0 Å². The van der Waals surface area contributed by atoms with Gasteiger partial charge < -0.3 is 20.1 Å². The molecule has 5 nitrogen and oxygen atoms in total. The Kier molecular flexibility index (Phi) is 6.17. The molecule has 0 radical (unpaired) electrons. The number of carbonyl (C=O) groups is 1. The van der Waals surface area contributed by atoms with Gasteiger partial charge in [0, 0.05) is 19.4 Å². The Morgan fingerprint density at radius 1 is 1.05 bits per heavy atom. The zero-order valence-corrected chi connectivity index (χ0v) is 12.8. The van der Waals surface area contributed by atoms with Crippen LogP contribution in [0.15, 0.2) is 0 Å². The van der Waals surface area contributed by atoms with Crippen molar-refractivity contribution < 1.29 is 24.9 Å². The molecule has 2 aliphatic rings. The van der Waals surface area contributed by atoms with Gasteiger partial charge in [0.2, 0.25) is 0 Å². The summed E-state index contributed by atoms with van der Waals surface area (Å²) < 4.78 is 5.22. The van der Waals surface area contributed by atoms with Crippen LogP contribution in [0.1, 0.15) is 51.4 Å². The van der Waals surface area contributed by atoms with E-state index in [1.54, 1.807) is 7.11 Å². The van der Waals surface area contributed by atoms with E-state index in [-0.39, 0.29) is 17.8 Å². The molecule has 0 bridgehead atoms. The number of rotatable bonds is 5. The predicted octanol–water partition coefficient (Wildman–Crippen LogP) is 1.03. The van der Waals surface area contributed by atoms with Crippen molar-refractivity contribution in [1.29, 1.82) is 0 Å². The van der Waals surface area contributed by atoms with E-state index in [1.165, 1.54) is 0 Å². The minimum Gasteiger partial charge on any atom is -0.393 e. The van der Waals surface area contributed by atoms with Crippen molar-refractivity contribution in [2.45, 2.75) is 75.8 Å². The molecule has 2 rings (SSSR count). The normalized spacial score (nSPS) is 41.0. The van der Waals surface area contributed by atoms with Gasteiger partial charge in [0.05, 0.1) is 24.4 Å². The lowest BCUT2D eigenvalue weighted by atomic mass is 9.78. The van der Waals surface area contributed by atoms with Crippen LogP contribution < -0.4 is 0 Å². The van der Waals surface area contributed by atoms with Crippen LogP contribution in [0.25, 0.3) is 0 Å². The largest absolute Gasteiger partial charge is 0.393 e.